The van der Waals surface area contributed by atoms with Crippen molar-refractivity contribution in [1.29, 1.82) is 0 Å². The van der Waals surface area contributed by atoms with Crippen molar-refractivity contribution >= 4 is 55.5 Å². The van der Waals surface area contributed by atoms with Gasteiger partial charge in [-0.2, -0.15) is 4.31 Å². The number of carbonyl (C=O) groups is 3. The molecule has 1 saturated heterocycles. The Labute approximate surface area is 175 Å². The van der Waals surface area contributed by atoms with Gasteiger partial charge >= 0.3 is 5.97 Å². The van der Waals surface area contributed by atoms with Gasteiger partial charge in [0, 0.05) is 6.54 Å². The maximum atomic E-state index is 12.9. The van der Waals surface area contributed by atoms with Gasteiger partial charge in [0.25, 0.3) is 15.9 Å². The van der Waals surface area contributed by atoms with Gasteiger partial charge in [0.15, 0.2) is 0 Å². The first-order valence-corrected chi connectivity index (χ1v) is 11.7. The number of hydrogen-bond acceptors (Lipinski definition) is 8. The fraction of sp³-hybridized carbons (Fsp3) is 0.353. The Morgan fingerprint density at radius 1 is 1.34 bits per heavy atom. The van der Waals surface area contributed by atoms with E-state index in [1.165, 1.54) is 24.4 Å². The highest BCUT2D eigenvalue weighted by molar-refractivity contribution is 7.91. The van der Waals surface area contributed by atoms with Crippen molar-refractivity contribution < 1.29 is 27.5 Å². The van der Waals surface area contributed by atoms with Crippen LogP contribution in [0.4, 0.5) is 5.00 Å². The van der Waals surface area contributed by atoms with Crippen LogP contribution in [0.3, 0.4) is 0 Å². The summed E-state index contributed by atoms with van der Waals surface area (Å²) < 4.78 is 31.7. The molecule has 1 aliphatic rings. The van der Waals surface area contributed by atoms with Crippen LogP contribution in [-0.2, 0) is 19.6 Å². The standard InChI is InChI=1S/C17H19N3O6S3/c1-9-12(14(18)21)16(28-13(9)17(23)26-2)19-15(22)10-5-3-7-20(10)29(24,25)11-6-4-8-27-11/h4,6,8,10H,3,5,7H2,1-2H3,(H2,18,21)(H,19,22). The van der Waals surface area contributed by atoms with E-state index in [4.69, 9.17) is 10.5 Å². The molecule has 0 radical (unpaired) electrons. The van der Waals surface area contributed by atoms with Crippen LogP contribution >= 0.6 is 22.7 Å². The predicted octanol–water partition coefficient (Wildman–Crippen LogP) is 1.80. The number of hydrogen-bond donors (Lipinski definition) is 2. The Balaban J connectivity index is 1.90. The first kappa shape index (κ1) is 21.4. The summed E-state index contributed by atoms with van der Waals surface area (Å²) in [5.41, 5.74) is 5.73. The minimum Gasteiger partial charge on any atom is -0.465 e. The molecule has 1 unspecified atom stereocenters. The first-order valence-electron chi connectivity index (χ1n) is 8.56. The number of nitrogens with two attached hydrogens (primary N) is 1. The molecule has 3 rings (SSSR count). The van der Waals surface area contributed by atoms with E-state index < -0.39 is 33.8 Å². The molecule has 0 saturated carbocycles. The van der Waals surface area contributed by atoms with Gasteiger partial charge in [0.1, 0.15) is 20.1 Å². The van der Waals surface area contributed by atoms with E-state index in [1.54, 1.807) is 11.4 Å². The first-order chi connectivity index (χ1) is 13.7. The van der Waals surface area contributed by atoms with Gasteiger partial charge < -0.3 is 15.8 Å². The summed E-state index contributed by atoms with van der Waals surface area (Å²) in [5.74, 6) is -2.04. The lowest BCUT2D eigenvalue weighted by Crippen LogP contribution is -2.43. The lowest BCUT2D eigenvalue weighted by atomic mass is 10.1. The van der Waals surface area contributed by atoms with Crippen molar-refractivity contribution in [1.82, 2.24) is 4.31 Å². The van der Waals surface area contributed by atoms with Crippen LogP contribution in [-0.4, -0.2) is 50.2 Å². The molecule has 0 aromatic carbocycles. The maximum absolute atomic E-state index is 12.9. The van der Waals surface area contributed by atoms with Gasteiger partial charge in [-0.05, 0) is 36.8 Å². The van der Waals surface area contributed by atoms with Gasteiger partial charge in [-0.1, -0.05) is 6.07 Å². The van der Waals surface area contributed by atoms with Crippen LogP contribution < -0.4 is 11.1 Å². The van der Waals surface area contributed by atoms with Crippen molar-refractivity contribution in [3.63, 3.8) is 0 Å². The quantitative estimate of drug-likeness (QED) is 0.635. The van der Waals surface area contributed by atoms with Crippen molar-refractivity contribution in [3.05, 3.63) is 33.5 Å². The molecule has 2 aromatic heterocycles. The zero-order chi connectivity index (χ0) is 21.3. The molecule has 1 atom stereocenters. The van der Waals surface area contributed by atoms with Gasteiger partial charge in [-0.3, -0.25) is 9.59 Å². The Kier molecular flexibility index (Phi) is 6.08. The number of esters is 1. The summed E-state index contributed by atoms with van der Waals surface area (Å²) in [6.45, 7) is 1.75. The largest absolute Gasteiger partial charge is 0.465 e. The third-order valence-corrected chi connectivity index (χ3v) is 9.03. The van der Waals surface area contributed by atoms with Crippen LogP contribution in [0.15, 0.2) is 21.7 Å². The van der Waals surface area contributed by atoms with Gasteiger partial charge in [0.2, 0.25) is 5.91 Å². The molecule has 0 spiro atoms. The third kappa shape index (κ3) is 3.92. The average Bonchev–Trinajstić information content (AvgIpc) is 3.41. The molecular formula is C17H19N3O6S3. The third-order valence-electron chi connectivity index (χ3n) is 4.57. The fourth-order valence-electron chi connectivity index (χ4n) is 3.20. The Morgan fingerprint density at radius 3 is 2.66 bits per heavy atom. The number of nitrogens with zero attached hydrogens (tertiary/aromatic N) is 1. The Bertz CT molecular complexity index is 1060. The minimum atomic E-state index is -3.80. The van der Waals surface area contributed by atoms with E-state index in [0.29, 0.717) is 18.4 Å². The highest BCUT2D eigenvalue weighted by atomic mass is 32.2. The van der Waals surface area contributed by atoms with Crippen molar-refractivity contribution in [3.8, 4) is 0 Å². The number of primary amides is 1. The number of methoxy groups -OCH3 is 1. The topological polar surface area (TPSA) is 136 Å². The van der Waals surface area contributed by atoms with Crippen LogP contribution in [0.5, 0.6) is 0 Å². The molecule has 156 valence electrons. The van der Waals surface area contributed by atoms with Crippen LogP contribution in [0.25, 0.3) is 0 Å². The molecule has 12 heteroatoms. The number of rotatable bonds is 6. The van der Waals surface area contributed by atoms with E-state index in [-0.39, 0.29) is 26.2 Å². The summed E-state index contributed by atoms with van der Waals surface area (Å²) in [6.07, 6.45) is 0.874. The number of anilines is 1. The number of amides is 2. The molecule has 3 heterocycles. The second kappa shape index (κ2) is 8.22. The van der Waals surface area contributed by atoms with Gasteiger partial charge in [0.05, 0.1) is 12.7 Å². The van der Waals surface area contributed by atoms with Crippen LogP contribution in [0.2, 0.25) is 0 Å². The van der Waals surface area contributed by atoms with E-state index >= 15 is 0 Å². The zero-order valence-electron chi connectivity index (χ0n) is 15.6. The Morgan fingerprint density at radius 2 is 2.07 bits per heavy atom. The predicted molar refractivity (Wildman–Crippen MR) is 109 cm³/mol. The van der Waals surface area contributed by atoms with Crippen molar-refractivity contribution in [2.24, 2.45) is 5.73 Å². The second-order valence-corrected chi connectivity index (χ2v) is 10.4. The molecule has 2 amide bonds. The van der Waals surface area contributed by atoms with E-state index in [0.717, 1.165) is 22.7 Å². The monoisotopic (exact) mass is 457 g/mol. The lowest BCUT2D eigenvalue weighted by Gasteiger charge is -2.22. The number of carbonyl (C=O) groups excluding carboxylic acids is 3. The normalized spacial score (nSPS) is 17.2. The molecule has 0 bridgehead atoms. The van der Waals surface area contributed by atoms with Gasteiger partial charge in [-0.25, -0.2) is 13.2 Å². The smallest absolute Gasteiger partial charge is 0.348 e. The number of thiophene rings is 2. The molecular weight excluding hydrogens is 438 g/mol. The van der Waals surface area contributed by atoms with Gasteiger partial charge in [-0.15, -0.1) is 22.7 Å². The highest BCUT2D eigenvalue weighted by Gasteiger charge is 2.40. The minimum absolute atomic E-state index is 0.00871. The lowest BCUT2D eigenvalue weighted by molar-refractivity contribution is -0.119. The SMILES string of the molecule is COC(=O)c1sc(NC(=O)C2CCCN2S(=O)(=O)c2cccs2)c(C(N)=O)c1C. The second-order valence-electron chi connectivity index (χ2n) is 6.31. The van der Waals surface area contributed by atoms with Crippen LogP contribution in [0, 0.1) is 6.92 Å². The maximum Gasteiger partial charge on any atom is 0.348 e. The summed E-state index contributed by atoms with van der Waals surface area (Å²) in [4.78, 5) is 36.8. The molecule has 1 fully saturated rings. The van der Waals surface area contributed by atoms with E-state index in [2.05, 4.69) is 5.32 Å². The molecule has 0 aliphatic carbocycles. The Hall–Kier alpha value is -2.28. The summed E-state index contributed by atoms with van der Waals surface area (Å²) in [6, 6.07) is 2.20. The molecule has 2 aromatic rings. The zero-order valence-corrected chi connectivity index (χ0v) is 18.1. The molecule has 29 heavy (non-hydrogen) atoms. The number of sulfonamides is 1. The average molecular weight is 458 g/mol. The molecule has 1 aliphatic heterocycles. The van der Waals surface area contributed by atoms with E-state index in [9.17, 15) is 22.8 Å². The number of ether oxygens (including phenoxy) is 1. The summed E-state index contributed by atoms with van der Waals surface area (Å²) in [7, 11) is -2.60. The number of nitrogens with one attached hydrogen (secondary N) is 1. The summed E-state index contributed by atoms with van der Waals surface area (Å²) >= 11 is 1.95. The van der Waals surface area contributed by atoms with Crippen molar-refractivity contribution in [2.45, 2.75) is 30.0 Å². The van der Waals surface area contributed by atoms with Crippen molar-refractivity contribution in [2.75, 3.05) is 19.0 Å². The van der Waals surface area contributed by atoms with E-state index in [1.807, 2.05) is 0 Å². The summed E-state index contributed by atoms with van der Waals surface area (Å²) in [5, 5.41) is 4.34. The fourth-order valence-corrected chi connectivity index (χ4v) is 7.11. The molecule has 9 nitrogen and oxygen atoms in total. The molecule has 3 N–H and O–H groups in total. The van der Waals surface area contributed by atoms with Crippen LogP contribution in [0.1, 0.15) is 38.4 Å². The highest BCUT2D eigenvalue weighted by Crippen LogP contribution is 2.35.